The lowest BCUT2D eigenvalue weighted by molar-refractivity contribution is -0.141. The van der Waals surface area contributed by atoms with E-state index in [1.807, 2.05) is 0 Å². The van der Waals surface area contributed by atoms with E-state index in [4.69, 9.17) is 11.2 Å². The van der Waals surface area contributed by atoms with Crippen molar-refractivity contribution in [1.82, 2.24) is 9.97 Å². The first-order valence-electron chi connectivity index (χ1n) is 4.17. The molecule has 1 aromatic rings. The van der Waals surface area contributed by atoms with Gasteiger partial charge in [0.05, 0.1) is 0 Å². The molecule has 7 heteroatoms. The summed E-state index contributed by atoms with van der Waals surface area (Å²) in [6.07, 6.45) is 0.362. The standard InChI is InChI=1S/C9H8F3N3O/c1-3-4-16-7-5-6(9(10,11)12)14-8(13-2)15-7/h1,5H,4H2,2H3,(H,13,14,15). The first-order valence-corrected chi connectivity index (χ1v) is 4.17. The Bertz CT molecular complexity index is 411. The van der Waals surface area contributed by atoms with Crippen molar-refractivity contribution in [3.8, 4) is 18.2 Å². The van der Waals surface area contributed by atoms with Crippen LogP contribution in [0.2, 0.25) is 0 Å². The zero-order valence-electron chi connectivity index (χ0n) is 8.30. The summed E-state index contributed by atoms with van der Waals surface area (Å²) < 4.78 is 42.0. The van der Waals surface area contributed by atoms with Crippen LogP contribution in [0.1, 0.15) is 5.69 Å². The van der Waals surface area contributed by atoms with Gasteiger partial charge in [0.15, 0.2) is 12.3 Å². The Kier molecular flexibility index (Phi) is 3.55. The van der Waals surface area contributed by atoms with Crippen molar-refractivity contribution in [3.63, 3.8) is 0 Å². The van der Waals surface area contributed by atoms with Crippen LogP contribution < -0.4 is 10.1 Å². The number of hydrogen-bond acceptors (Lipinski definition) is 4. The molecule has 0 aromatic carbocycles. The highest BCUT2D eigenvalue weighted by molar-refractivity contribution is 5.31. The van der Waals surface area contributed by atoms with E-state index in [9.17, 15) is 13.2 Å². The molecule has 1 aromatic heterocycles. The van der Waals surface area contributed by atoms with Gasteiger partial charge in [-0.2, -0.15) is 18.2 Å². The van der Waals surface area contributed by atoms with Crippen molar-refractivity contribution in [3.05, 3.63) is 11.8 Å². The third-order valence-corrected chi connectivity index (χ3v) is 1.52. The van der Waals surface area contributed by atoms with Crippen LogP contribution in [0.15, 0.2) is 6.07 Å². The monoisotopic (exact) mass is 231 g/mol. The lowest BCUT2D eigenvalue weighted by Gasteiger charge is -2.09. The van der Waals surface area contributed by atoms with Gasteiger partial charge >= 0.3 is 6.18 Å². The molecule has 0 unspecified atom stereocenters. The number of halogens is 3. The summed E-state index contributed by atoms with van der Waals surface area (Å²) in [6, 6.07) is 0.693. The highest BCUT2D eigenvalue weighted by Crippen LogP contribution is 2.30. The van der Waals surface area contributed by atoms with Gasteiger partial charge in [0.25, 0.3) is 0 Å². The molecule has 1 N–H and O–H groups in total. The van der Waals surface area contributed by atoms with Crippen molar-refractivity contribution in [2.75, 3.05) is 19.0 Å². The molecule has 0 atom stereocenters. The number of terminal acetylenes is 1. The van der Waals surface area contributed by atoms with E-state index in [1.165, 1.54) is 7.05 Å². The SMILES string of the molecule is C#CCOc1cc(C(F)(F)F)nc(NC)n1. The Morgan fingerprint density at radius 3 is 2.69 bits per heavy atom. The van der Waals surface area contributed by atoms with Crippen molar-refractivity contribution < 1.29 is 17.9 Å². The van der Waals surface area contributed by atoms with Crippen LogP contribution in [0.25, 0.3) is 0 Å². The van der Waals surface area contributed by atoms with Gasteiger partial charge in [-0.25, -0.2) is 4.98 Å². The third-order valence-electron chi connectivity index (χ3n) is 1.52. The molecule has 16 heavy (non-hydrogen) atoms. The summed E-state index contributed by atoms with van der Waals surface area (Å²) in [7, 11) is 1.40. The van der Waals surface area contributed by atoms with E-state index in [0.717, 1.165) is 0 Å². The quantitative estimate of drug-likeness (QED) is 0.802. The molecule has 0 aliphatic rings. The zero-order valence-corrected chi connectivity index (χ0v) is 8.30. The molecule has 86 valence electrons. The second-order valence-electron chi connectivity index (χ2n) is 2.66. The molecular formula is C9H8F3N3O. The maximum absolute atomic E-state index is 12.4. The minimum Gasteiger partial charge on any atom is -0.464 e. The van der Waals surface area contributed by atoms with Gasteiger partial charge in [-0.3, -0.25) is 0 Å². The van der Waals surface area contributed by atoms with Crippen molar-refractivity contribution >= 4 is 5.95 Å². The van der Waals surface area contributed by atoms with Crippen LogP contribution in [0.4, 0.5) is 19.1 Å². The zero-order chi connectivity index (χ0) is 12.2. The number of aromatic nitrogens is 2. The Labute approximate surface area is 89.9 Å². The first-order chi connectivity index (χ1) is 7.47. The molecule has 0 saturated carbocycles. The fourth-order valence-electron chi connectivity index (χ4n) is 0.872. The number of alkyl halides is 3. The molecule has 0 fully saturated rings. The van der Waals surface area contributed by atoms with Gasteiger partial charge in [-0.1, -0.05) is 5.92 Å². The van der Waals surface area contributed by atoms with Gasteiger partial charge in [0.1, 0.15) is 0 Å². The second-order valence-corrected chi connectivity index (χ2v) is 2.66. The van der Waals surface area contributed by atoms with Crippen LogP contribution in [0.3, 0.4) is 0 Å². The maximum atomic E-state index is 12.4. The highest BCUT2D eigenvalue weighted by Gasteiger charge is 2.33. The molecule has 0 bridgehead atoms. The molecular weight excluding hydrogens is 223 g/mol. The van der Waals surface area contributed by atoms with Crippen LogP contribution in [0, 0.1) is 12.3 Å². The van der Waals surface area contributed by atoms with E-state index >= 15 is 0 Å². The second kappa shape index (κ2) is 4.70. The fourth-order valence-corrected chi connectivity index (χ4v) is 0.872. The third kappa shape index (κ3) is 3.02. The Balaban J connectivity index is 3.07. The first kappa shape index (κ1) is 12.1. The summed E-state index contributed by atoms with van der Waals surface area (Å²) in [6.45, 7) is -0.155. The van der Waals surface area contributed by atoms with Gasteiger partial charge in [0.2, 0.25) is 11.8 Å². The van der Waals surface area contributed by atoms with Gasteiger partial charge < -0.3 is 10.1 Å². The van der Waals surface area contributed by atoms with Gasteiger partial charge in [-0.15, -0.1) is 6.42 Å². The lowest BCUT2D eigenvalue weighted by Crippen LogP contribution is -2.12. The maximum Gasteiger partial charge on any atom is 0.433 e. The molecule has 0 spiro atoms. The van der Waals surface area contributed by atoms with E-state index in [-0.39, 0.29) is 18.4 Å². The molecule has 4 nitrogen and oxygen atoms in total. The number of nitrogens with zero attached hydrogens (tertiary/aromatic N) is 2. The lowest BCUT2D eigenvalue weighted by atomic mass is 10.4. The van der Waals surface area contributed by atoms with Crippen molar-refractivity contribution in [2.45, 2.75) is 6.18 Å². The molecule has 0 aliphatic heterocycles. The highest BCUT2D eigenvalue weighted by atomic mass is 19.4. The predicted octanol–water partition coefficient (Wildman–Crippen LogP) is 1.55. The van der Waals surface area contributed by atoms with E-state index < -0.39 is 11.9 Å². The normalized spacial score (nSPS) is 10.7. The topological polar surface area (TPSA) is 47.0 Å². The van der Waals surface area contributed by atoms with E-state index in [2.05, 4.69) is 21.2 Å². The Morgan fingerprint density at radius 2 is 2.19 bits per heavy atom. The van der Waals surface area contributed by atoms with Gasteiger partial charge in [-0.05, 0) is 0 Å². The van der Waals surface area contributed by atoms with Gasteiger partial charge in [0, 0.05) is 13.1 Å². The largest absolute Gasteiger partial charge is 0.464 e. The average molecular weight is 231 g/mol. The Hall–Kier alpha value is -1.97. The minimum absolute atomic E-state index is 0.155. The van der Waals surface area contributed by atoms with Crippen LogP contribution in [0.5, 0.6) is 5.88 Å². The summed E-state index contributed by atoms with van der Waals surface area (Å²) in [4.78, 5) is 6.92. The summed E-state index contributed by atoms with van der Waals surface area (Å²) in [5, 5.41) is 2.40. The molecule has 1 rings (SSSR count). The Morgan fingerprint density at radius 1 is 1.50 bits per heavy atom. The molecule has 0 amide bonds. The molecule has 0 saturated heterocycles. The van der Waals surface area contributed by atoms with E-state index in [1.54, 1.807) is 0 Å². The number of ether oxygens (including phenoxy) is 1. The molecule has 0 aliphatic carbocycles. The molecule has 0 radical (unpaired) electrons. The number of nitrogens with one attached hydrogen (secondary N) is 1. The number of rotatable bonds is 3. The fraction of sp³-hybridized carbons (Fsp3) is 0.333. The smallest absolute Gasteiger partial charge is 0.433 e. The van der Waals surface area contributed by atoms with Crippen LogP contribution in [-0.2, 0) is 6.18 Å². The van der Waals surface area contributed by atoms with Crippen LogP contribution >= 0.6 is 0 Å². The van der Waals surface area contributed by atoms with Crippen LogP contribution in [-0.4, -0.2) is 23.6 Å². The average Bonchev–Trinajstić information content (AvgIpc) is 2.24. The summed E-state index contributed by atoms with van der Waals surface area (Å²) in [5.41, 5.74) is -1.08. The minimum atomic E-state index is -4.55. The van der Waals surface area contributed by atoms with Crippen molar-refractivity contribution in [1.29, 1.82) is 0 Å². The summed E-state index contributed by atoms with van der Waals surface area (Å²) in [5.74, 6) is 1.73. The molecule has 1 heterocycles. The summed E-state index contributed by atoms with van der Waals surface area (Å²) >= 11 is 0. The number of hydrogen-bond donors (Lipinski definition) is 1. The van der Waals surface area contributed by atoms with E-state index in [0.29, 0.717) is 6.07 Å². The predicted molar refractivity (Wildman–Crippen MR) is 50.9 cm³/mol. The van der Waals surface area contributed by atoms with Crippen molar-refractivity contribution in [2.24, 2.45) is 0 Å². The number of anilines is 1.